The standard InChI is InChI=1S/C58H39NO/c1-4-14-40(15-5-1)42-26-28-43(29-27-42)44-30-34-48(35-31-44)59(50-21-12-20-47(38-50)41-16-6-2-7-17-41)49-36-32-46(33-37-49)51-24-13-25-56-57(51)55-39-54(45-18-8-3-9-19-45)52-22-10-11-23-53(52)58(55)60-56/h1-39H/i2D,6D,7D,10D,11D,13D,16D,17D,21D,22D,23D,25D,39D. The Hall–Kier alpha value is -7.94. The molecule has 0 fully saturated rings. The number of hydrogen-bond donors (Lipinski definition) is 0. The van der Waals surface area contributed by atoms with Crippen molar-refractivity contribution in [1.82, 2.24) is 0 Å². The van der Waals surface area contributed by atoms with Gasteiger partial charge in [0.05, 0.1) is 17.8 Å². The molecule has 60 heavy (non-hydrogen) atoms. The average Bonchev–Trinajstić information content (AvgIpc) is 3.83. The summed E-state index contributed by atoms with van der Waals surface area (Å²) in [6.45, 7) is 0. The molecule has 1 aromatic heterocycles. The van der Waals surface area contributed by atoms with Gasteiger partial charge in [-0.25, -0.2) is 0 Å². The van der Waals surface area contributed by atoms with Gasteiger partial charge in [0.25, 0.3) is 0 Å². The first-order valence-corrected chi connectivity index (χ1v) is 19.4. The third-order valence-corrected chi connectivity index (χ3v) is 10.8. The van der Waals surface area contributed by atoms with E-state index in [0.717, 1.165) is 22.3 Å². The molecule has 0 amide bonds. The highest BCUT2D eigenvalue weighted by molar-refractivity contribution is 6.22. The Labute approximate surface area is 368 Å². The number of fused-ring (bicyclic) bond motifs is 5. The van der Waals surface area contributed by atoms with Gasteiger partial charge in [0.1, 0.15) is 11.2 Å². The summed E-state index contributed by atoms with van der Waals surface area (Å²) < 4.78 is 121. The highest BCUT2D eigenvalue weighted by atomic mass is 16.3. The minimum Gasteiger partial charge on any atom is -0.455 e. The largest absolute Gasteiger partial charge is 0.455 e. The Bertz CT molecular complexity index is 4000. The fourth-order valence-corrected chi connectivity index (χ4v) is 7.86. The van der Waals surface area contributed by atoms with E-state index in [4.69, 9.17) is 19.5 Å². The van der Waals surface area contributed by atoms with Crippen LogP contribution in [0.25, 0.3) is 88.3 Å². The predicted octanol–water partition coefficient (Wildman–Crippen LogP) is 16.5. The van der Waals surface area contributed by atoms with Crippen molar-refractivity contribution in [2.75, 3.05) is 4.90 Å². The van der Waals surface area contributed by atoms with E-state index in [9.17, 15) is 2.74 Å². The van der Waals surface area contributed by atoms with Crippen LogP contribution in [0.4, 0.5) is 17.1 Å². The fourth-order valence-electron chi connectivity index (χ4n) is 7.86. The Kier molecular flexibility index (Phi) is 6.06. The van der Waals surface area contributed by atoms with E-state index in [1.807, 2.05) is 65.6 Å². The molecule has 2 heteroatoms. The van der Waals surface area contributed by atoms with Gasteiger partial charge in [0.15, 0.2) is 0 Å². The molecular formula is C58H39NO. The summed E-state index contributed by atoms with van der Waals surface area (Å²) in [6.07, 6.45) is 0. The van der Waals surface area contributed by atoms with Crippen LogP contribution < -0.4 is 4.90 Å². The van der Waals surface area contributed by atoms with Gasteiger partial charge in [0.2, 0.25) is 0 Å². The lowest BCUT2D eigenvalue weighted by molar-refractivity contribution is 0.673. The molecule has 0 aliphatic heterocycles. The fraction of sp³-hybridized carbons (Fsp3) is 0. The van der Waals surface area contributed by atoms with Gasteiger partial charge in [-0.15, -0.1) is 0 Å². The van der Waals surface area contributed by atoms with Gasteiger partial charge in [-0.1, -0.05) is 188 Å². The molecule has 0 saturated heterocycles. The lowest BCUT2D eigenvalue weighted by Gasteiger charge is -2.26. The van der Waals surface area contributed by atoms with E-state index in [1.54, 1.807) is 48.5 Å². The lowest BCUT2D eigenvalue weighted by atomic mass is 9.93. The summed E-state index contributed by atoms with van der Waals surface area (Å²) in [4.78, 5) is 1.84. The normalized spacial score (nSPS) is 14.4. The van der Waals surface area contributed by atoms with Crippen LogP contribution in [0.2, 0.25) is 0 Å². The molecule has 11 rings (SSSR count). The predicted molar refractivity (Wildman–Crippen MR) is 253 cm³/mol. The number of nitrogens with zero attached hydrogens (tertiary/aromatic N) is 1. The molecule has 0 aliphatic carbocycles. The van der Waals surface area contributed by atoms with Crippen LogP contribution >= 0.6 is 0 Å². The monoisotopic (exact) mass is 778 g/mol. The molecule has 0 aliphatic rings. The quantitative estimate of drug-likeness (QED) is 0.153. The highest BCUT2D eigenvalue weighted by Gasteiger charge is 2.19. The van der Waals surface area contributed by atoms with Crippen molar-refractivity contribution in [3.05, 3.63) is 236 Å². The zero-order chi connectivity index (χ0) is 51.1. The van der Waals surface area contributed by atoms with Crippen LogP contribution in [-0.4, -0.2) is 0 Å². The maximum Gasteiger partial charge on any atom is 0.143 e. The summed E-state index contributed by atoms with van der Waals surface area (Å²) in [6, 6.07) is 44.3. The maximum absolute atomic E-state index is 9.79. The summed E-state index contributed by atoms with van der Waals surface area (Å²) in [5, 5.41) is 0.709. The second-order valence-corrected chi connectivity index (χ2v) is 14.3. The van der Waals surface area contributed by atoms with Crippen molar-refractivity contribution in [3.8, 4) is 55.6 Å². The van der Waals surface area contributed by atoms with Crippen LogP contribution in [0, 0.1) is 0 Å². The van der Waals surface area contributed by atoms with Gasteiger partial charge in [0, 0.05) is 33.2 Å². The molecule has 0 atom stereocenters. The number of furan rings is 1. The van der Waals surface area contributed by atoms with E-state index >= 15 is 0 Å². The molecule has 282 valence electrons. The zero-order valence-corrected chi connectivity index (χ0v) is 31.9. The average molecular weight is 779 g/mol. The molecule has 0 unspecified atom stereocenters. The first-order valence-electron chi connectivity index (χ1n) is 25.9. The van der Waals surface area contributed by atoms with Gasteiger partial charge < -0.3 is 9.32 Å². The molecule has 11 aromatic rings. The van der Waals surface area contributed by atoms with Gasteiger partial charge in [-0.3, -0.25) is 0 Å². The number of hydrogen-bond acceptors (Lipinski definition) is 2. The minimum absolute atomic E-state index is 0.00221. The molecular weight excluding hydrogens is 727 g/mol. The summed E-state index contributed by atoms with van der Waals surface area (Å²) in [5.74, 6) is 0. The molecule has 1 heterocycles. The second kappa shape index (κ2) is 15.1. The molecule has 2 nitrogen and oxygen atoms in total. The van der Waals surface area contributed by atoms with Gasteiger partial charge in [-0.05, 0) is 109 Å². The summed E-state index contributed by atoms with van der Waals surface area (Å²) in [7, 11) is 0. The van der Waals surface area contributed by atoms with Crippen LogP contribution in [0.15, 0.2) is 241 Å². The van der Waals surface area contributed by atoms with Crippen LogP contribution in [0.3, 0.4) is 0 Å². The summed E-state index contributed by atoms with van der Waals surface area (Å²) >= 11 is 0. The first-order chi connectivity index (χ1) is 35.1. The van der Waals surface area contributed by atoms with Crippen molar-refractivity contribution in [3.63, 3.8) is 0 Å². The Morgan fingerprint density at radius 1 is 0.350 bits per heavy atom. The Morgan fingerprint density at radius 3 is 1.55 bits per heavy atom. The van der Waals surface area contributed by atoms with E-state index < -0.39 is 30.2 Å². The van der Waals surface area contributed by atoms with Crippen LogP contribution in [-0.2, 0) is 0 Å². The number of rotatable bonds is 8. The number of benzene rings is 10. The molecule has 0 saturated carbocycles. The SMILES string of the molecule is [2H]c1ccc(-c2c([2H])c([2H])c([2H])c([2H])c2[2H])cc1N(c1ccc(-c2ccc(-c3ccccc3)cc2)cc1)c1ccc(-c2cc([2H])c([2H])c3oc4c5c([2H])c([2H])c([2H])c([2H])c5c(-c5ccccc5)c([2H])c4c23)cc1. The molecule has 10 aromatic carbocycles. The van der Waals surface area contributed by atoms with Crippen molar-refractivity contribution >= 4 is 49.8 Å². The molecule has 0 radical (unpaired) electrons. The number of anilines is 3. The lowest BCUT2D eigenvalue weighted by Crippen LogP contribution is -2.10. The van der Waals surface area contributed by atoms with Crippen LogP contribution in [0.1, 0.15) is 17.8 Å². The third kappa shape index (κ3) is 6.41. The van der Waals surface area contributed by atoms with E-state index in [-0.39, 0.29) is 86.8 Å². The van der Waals surface area contributed by atoms with Crippen molar-refractivity contribution < 1.29 is 22.2 Å². The zero-order valence-electron chi connectivity index (χ0n) is 44.9. The minimum atomic E-state index is -0.514. The van der Waals surface area contributed by atoms with Crippen molar-refractivity contribution in [2.24, 2.45) is 0 Å². The van der Waals surface area contributed by atoms with Crippen molar-refractivity contribution in [1.29, 1.82) is 0 Å². The maximum atomic E-state index is 9.79. The summed E-state index contributed by atoms with van der Waals surface area (Å²) in [5.41, 5.74) is 7.76. The van der Waals surface area contributed by atoms with E-state index in [2.05, 4.69) is 36.4 Å². The smallest absolute Gasteiger partial charge is 0.143 e. The Balaban J connectivity index is 1.09. The van der Waals surface area contributed by atoms with Crippen molar-refractivity contribution in [2.45, 2.75) is 0 Å². The third-order valence-electron chi connectivity index (χ3n) is 10.8. The molecule has 0 bridgehead atoms. The van der Waals surface area contributed by atoms with Crippen LogP contribution in [0.5, 0.6) is 0 Å². The van der Waals surface area contributed by atoms with E-state index in [1.165, 1.54) is 12.1 Å². The van der Waals surface area contributed by atoms with Gasteiger partial charge >= 0.3 is 0 Å². The molecule has 0 N–H and O–H groups in total. The van der Waals surface area contributed by atoms with Gasteiger partial charge in [-0.2, -0.15) is 0 Å². The van der Waals surface area contributed by atoms with E-state index in [0.29, 0.717) is 44.7 Å². The second-order valence-electron chi connectivity index (χ2n) is 14.3. The topological polar surface area (TPSA) is 16.4 Å². The molecule has 0 spiro atoms. The first kappa shape index (κ1) is 24.1. The highest BCUT2D eigenvalue weighted by Crippen LogP contribution is 2.44. The Morgan fingerprint density at radius 2 is 0.883 bits per heavy atom.